The Labute approximate surface area is 767 Å². The van der Waals surface area contributed by atoms with Crippen LogP contribution in [0.1, 0.15) is 448 Å². The Hall–Kier alpha value is -3.79. The Morgan fingerprint density at radius 2 is 0.460 bits per heavy atom. The van der Waals surface area contributed by atoms with Crippen molar-refractivity contribution < 1.29 is 76.9 Å². The summed E-state index contributed by atoms with van der Waals surface area (Å²) in [6, 6.07) is 0. The zero-order chi connectivity index (χ0) is 95.1. The summed E-state index contributed by atoms with van der Waals surface area (Å²) in [7, 11) is 0. The second kappa shape index (κ2) is 35.2. The molecule has 18 fully saturated rings. The summed E-state index contributed by atoms with van der Waals surface area (Å²) in [5, 5.41) is 21.6. The Balaban J connectivity index is 0.000000148. The average molecular weight is 1770 g/mol. The monoisotopic (exact) mass is 1770 g/mol. The molecule has 0 saturated heterocycles. The van der Waals surface area contributed by atoms with Gasteiger partial charge in [0.1, 0.15) is 42.7 Å². The quantitative estimate of drug-likeness (QED) is 0.145. The van der Waals surface area contributed by atoms with Crippen molar-refractivity contribution in [2.75, 3.05) is 0 Å². The summed E-state index contributed by atoms with van der Waals surface area (Å²) >= 11 is 0. The van der Waals surface area contributed by atoms with Crippen LogP contribution in [-0.2, 0) is 66.7 Å². The maximum absolute atomic E-state index is 11.4. The van der Waals surface area contributed by atoms with Gasteiger partial charge in [0, 0.05) is 96.2 Å². The molecule has 0 aromatic rings. The predicted molar refractivity (Wildman–Crippen MR) is 502 cm³/mol. The molecule has 16 unspecified atom stereocenters. The van der Waals surface area contributed by atoms with Gasteiger partial charge in [-0.2, -0.15) is 0 Å². The molecule has 18 aliphatic rings. The number of carbonyl (C=O) groups excluding carboxylic acids is 7. The molecule has 0 radical (unpaired) electrons. The topological polar surface area (TPSA) is 225 Å². The van der Waals surface area contributed by atoms with E-state index < -0.39 is 11.2 Å². The fraction of sp³-hybridized carbons (Fsp3) is 0.936. The maximum Gasteiger partial charge on any atom is 0.305 e. The molecule has 18 saturated carbocycles. The van der Waals surface area contributed by atoms with Crippen LogP contribution in [0, 0.1) is 151 Å². The smallest absolute Gasteiger partial charge is 0.305 e. The molecule has 0 aliphatic heterocycles. The third kappa shape index (κ3) is 17.0. The highest BCUT2D eigenvalue weighted by atomic mass is 16.6. The Bertz CT molecular complexity index is 3630. The Morgan fingerprint density at radius 3 is 0.603 bits per heavy atom. The van der Waals surface area contributed by atoms with E-state index in [1.807, 2.05) is 13.8 Å². The van der Waals surface area contributed by atoms with Gasteiger partial charge >= 0.3 is 41.8 Å². The lowest BCUT2D eigenvalue weighted by molar-refractivity contribution is -0.162. The highest BCUT2D eigenvalue weighted by Gasteiger charge is 2.72. The second-order valence-corrected chi connectivity index (χ2v) is 52.7. The van der Waals surface area contributed by atoms with E-state index in [2.05, 4.69) is 201 Å². The summed E-state index contributed by atoms with van der Waals surface area (Å²) in [5.74, 6) is 6.03. The molecule has 18 bridgehead atoms. The van der Waals surface area contributed by atoms with Crippen LogP contribution in [0.3, 0.4) is 0 Å². The van der Waals surface area contributed by atoms with E-state index >= 15 is 0 Å². The third-order valence-electron chi connectivity index (χ3n) is 45.1. The van der Waals surface area contributed by atoms with Crippen molar-refractivity contribution in [3.63, 3.8) is 0 Å². The van der Waals surface area contributed by atoms with Gasteiger partial charge in [0.2, 0.25) is 0 Å². The summed E-state index contributed by atoms with van der Waals surface area (Å²) in [6.45, 7) is 77.5. The van der Waals surface area contributed by atoms with Crippen LogP contribution in [0.25, 0.3) is 0 Å². The molecule has 0 amide bonds. The highest BCUT2D eigenvalue weighted by Crippen LogP contribution is 2.75. The van der Waals surface area contributed by atoms with E-state index in [1.54, 1.807) is 0 Å². The zero-order valence-corrected chi connectivity index (χ0v) is 87.3. The van der Waals surface area contributed by atoms with Gasteiger partial charge in [-0.15, -0.1) is 0 Å². The van der Waals surface area contributed by atoms with Crippen molar-refractivity contribution >= 4 is 41.8 Å². The molecule has 0 spiro atoms. The molecule has 0 heterocycles. The number of aliphatic hydroxyl groups is 2. The van der Waals surface area contributed by atoms with Crippen molar-refractivity contribution in [2.45, 2.75) is 502 Å². The van der Waals surface area contributed by atoms with Crippen molar-refractivity contribution in [2.24, 2.45) is 151 Å². The van der Waals surface area contributed by atoms with Crippen molar-refractivity contribution in [1.29, 1.82) is 0 Å². The minimum Gasteiger partial charge on any atom is -0.462 e. The predicted octanol–water partition coefficient (Wildman–Crippen LogP) is 26.1. The van der Waals surface area contributed by atoms with E-state index in [9.17, 15) is 43.8 Å². The first kappa shape index (κ1) is 104. The third-order valence-corrected chi connectivity index (χ3v) is 45.1. The standard InChI is InChI=1S/2C13H22O2.5C12H20O2.2C12H22O/c2*1-5-11(14)15-10-8-9-6-7-13(10,4)12(9,2)3;2*1-8(13)14-10-11(2,3)9-5-6-12(10,4)7-9;3*1-8(13)14-10-7-9-5-6-12(10,4)11(9,2)3;2*1-5-12(13)10(2,3)9-6-7-11(12,4)8-9/h2*9-10H,5-8H2,1-4H3;5*9-10H,5-7H2,1-4H3;2*9,13H,5-8H2,1-4H3/t9-,10-,13+;;9?,10-,12?;;2*9-,10+,12+;;9?,11?,12-;/m0.0.00.0./s1. The van der Waals surface area contributed by atoms with Gasteiger partial charge in [0.25, 0.3) is 0 Å². The van der Waals surface area contributed by atoms with E-state index in [0.29, 0.717) is 39.9 Å². The maximum atomic E-state index is 11.4. The van der Waals surface area contributed by atoms with Crippen LogP contribution in [0.4, 0.5) is 0 Å². The fourth-order valence-electron chi connectivity index (χ4n) is 33.5. The van der Waals surface area contributed by atoms with Crippen molar-refractivity contribution in [3.05, 3.63) is 0 Å². The van der Waals surface area contributed by atoms with E-state index in [0.717, 1.165) is 98.2 Å². The number of hydrogen-bond donors (Lipinski definition) is 2. The molecule has 0 aromatic carbocycles. The van der Waals surface area contributed by atoms with Gasteiger partial charge in [-0.3, -0.25) is 33.6 Å². The number of rotatable bonds is 11. The molecule has 18 rings (SSSR count). The van der Waals surface area contributed by atoms with Gasteiger partial charge in [-0.05, 0) is 288 Å². The zero-order valence-electron chi connectivity index (χ0n) is 87.3. The fourth-order valence-corrected chi connectivity index (χ4v) is 33.5. The summed E-state index contributed by atoms with van der Waals surface area (Å²) in [5.41, 5.74) is 3.46. The molecule has 2 N–H and O–H groups in total. The van der Waals surface area contributed by atoms with E-state index in [4.69, 9.17) is 33.2 Å². The summed E-state index contributed by atoms with van der Waals surface area (Å²) < 4.78 is 38.6. The van der Waals surface area contributed by atoms with Crippen LogP contribution < -0.4 is 0 Å². The molecule has 126 heavy (non-hydrogen) atoms. The van der Waals surface area contributed by atoms with Crippen molar-refractivity contribution in [3.8, 4) is 0 Å². The van der Waals surface area contributed by atoms with Crippen LogP contribution in [-0.4, -0.2) is 106 Å². The van der Waals surface area contributed by atoms with E-state index in [1.165, 1.54) is 176 Å². The number of hydrogen-bond acceptors (Lipinski definition) is 16. The SMILES string of the molecule is CC(=O)OC1C2(C)CCC(C2)C1(C)C.CC(=O)OC1CC2CCC1(C)C2(C)C.CC(=O)O[C@@H]1C2(C)CCC(C2)C1(C)C.CC(=O)O[C@@H]1C[C@@H]2CC[C@@]1(C)C2(C)C.CC(=O)O[C@@H]1C[C@@H]2CC[C@@]1(C)C2(C)C.CCC(=O)OC1CC2CCC1(C)C2(C)C.CCC(=O)O[C@H]1C[C@@H]2CC[C@@]1(C)C2(C)C.CCC1(O)C2(C)CCC(C2)C1(C)C.CC[C@@]1(O)C2(C)CCC(C2)C1(C)C. The first-order valence-corrected chi connectivity index (χ1v) is 51.1. The molecule has 27 atom stereocenters. The first-order chi connectivity index (χ1) is 57.4. The number of fused-ring (bicyclic) bond motifs is 18. The normalized spacial score (nSPS) is 45.3. The second-order valence-electron chi connectivity index (χ2n) is 52.7. The average Bonchev–Trinajstić information content (AvgIpc) is 1.53. The largest absolute Gasteiger partial charge is 0.462 e. The minimum absolute atomic E-state index is 0.0374. The molecule has 18 aliphatic carbocycles. The summed E-state index contributed by atoms with van der Waals surface area (Å²) in [4.78, 5) is 77.9. The van der Waals surface area contributed by atoms with Gasteiger partial charge in [0.05, 0.1) is 11.2 Å². The summed E-state index contributed by atoms with van der Waals surface area (Å²) in [6.07, 6.45) is 37.0. The number of esters is 7. The Morgan fingerprint density at radius 1 is 0.254 bits per heavy atom. The molecule has 16 nitrogen and oxygen atoms in total. The number of ether oxygens (including phenoxy) is 7. The lowest BCUT2D eigenvalue weighted by atomic mass is 9.59. The first-order valence-electron chi connectivity index (χ1n) is 51.1. The van der Waals surface area contributed by atoms with Gasteiger partial charge in [0.15, 0.2) is 0 Å². The van der Waals surface area contributed by atoms with Gasteiger partial charge < -0.3 is 43.4 Å². The minimum atomic E-state index is -0.414. The van der Waals surface area contributed by atoms with Gasteiger partial charge in [-0.25, -0.2) is 0 Å². The van der Waals surface area contributed by atoms with Crippen LogP contribution >= 0.6 is 0 Å². The molecular formula is C110H188O16. The van der Waals surface area contributed by atoms with E-state index in [-0.39, 0.29) is 155 Å². The van der Waals surface area contributed by atoms with Crippen LogP contribution in [0.2, 0.25) is 0 Å². The molecular weight excluding hydrogens is 1580 g/mol. The lowest BCUT2D eigenvalue weighted by Gasteiger charge is -2.50. The van der Waals surface area contributed by atoms with Crippen LogP contribution in [0.5, 0.6) is 0 Å². The van der Waals surface area contributed by atoms with Crippen LogP contribution in [0.15, 0.2) is 0 Å². The lowest BCUT2D eigenvalue weighted by Crippen LogP contribution is -2.53. The molecule has 0 aromatic heterocycles. The Kier molecular flexibility index (Phi) is 29.1. The molecule has 724 valence electrons. The number of carbonyl (C=O) groups is 7. The molecule has 16 heteroatoms. The van der Waals surface area contributed by atoms with Crippen molar-refractivity contribution in [1.82, 2.24) is 0 Å². The highest BCUT2D eigenvalue weighted by molar-refractivity contribution is 5.70. The van der Waals surface area contributed by atoms with Gasteiger partial charge in [-0.1, -0.05) is 215 Å².